The van der Waals surface area contributed by atoms with Gasteiger partial charge in [0.25, 0.3) is 0 Å². The SMILES string of the molecule is O=C(CC1CCCNC1)OCc1cccc(Cl)c1. The van der Waals surface area contributed by atoms with Crippen LogP contribution in [0.5, 0.6) is 0 Å². The Morgan fingerprint density at radius 2 is 2.39 bits per heavy atom. The summed E-state index contributed by atoms with van der Waals surface area (Å²) in [6.45, 7) is 2.29. The van der Waals surface area contributed by atoms with E-state index < -0.39 is 0 Å². The first-order valence-electron chi connectivity index (χ1n) is 6.35. The predicted molar refractivity (Wildman–Crippen MR) is 71.5 cm³/mol. The molecule has 1 fully saturated rings. The Kier molecular flexibility index (Phi) is 5.02. The van der Waals surface area contributed by atoms with E-state index in [1.165, 1.54) is 0 Å². The van der Waals surface area contributed by atoms with Gasteiger partial charge in [0.1, 0.15) is 6.61 Å². The lowest BCUT2D eigenvalue weighted by molar-refractivity contribution is -0.146. The van der Waals surface area contributed by atoms with Gasteiger partial charge in [0.15, 0.2) is 0 Å². The van der Waals surface area contributed by atoms with Crippen molar-refractivity contribution in [1.29, 1.82) is 0 Å². The topological polar surface area (TPSA) is 38.3 Å². The smallest absolute Gasteiger partial charge is 0.306 e. The summed E-state index contributed by atoms with van der Waals surface area (Å²) in [5.41, 5.74) is 0.928. The predicted octanol–water partition coefficient (Wildman–Crippen LogP) is 2.77. The lowest BCUT2D eigenvalue weighted by atomic mass is 9.96. The van der Waals surface area contributed by atoms with Gasteiger partial charge in [-0.2, -0.15) is 0 Å². The molecule has 4 heteroatoms. The van der Waals surface area contributed by atoms with Crippen LogP contribution in [0.4, 0.5) is 0 Å². The van der Waals surface area contributed by atoms with Crippen LogP contribution in [-0.2, 0) is 16.1 Å². The monoisotopic (exact) mass is 267 g/mol. The van der Waals surface area contributed by atoms with E-state index in [9.17, 15) is 4.79 Å². The standard InChI is InChI=1S/C14H18ClNO2/c15-13-5-1-3-12(7-13)10-18-14(17)8-11-4-2-6-16-9-11/h1,3,5,7,11,16H,2,4,6,8-10H2. The van der Waals surface area contributed by atoms with E-state index in [0.717, 1.165) is 31.5 Å². The highest BCUT2D eigenvalue weighted by Crippen LogP contribution is 2.16. The molecule has 1 aromatic carbocycles. The van der Waals surface area contributed by atoms with Crippen LogP contribution in [0, 0.1) is 5.92 Å². The second-order valence-corrected chi connectivity index (χ2v) is 5.14. The molecule has 0 amide bonds. The third-order valence-electron chi connectivity index (χ3n) is 3.14. The molecular weight excluding hydrogens is 250 g/mol. The molecule has 0 saturated carbocycles. The zero-order valence-electron chi connectivity index (χ0n) is 10.3. The number of benzene rings is 1. The molecule has 0 bridgehead atoms. The summed E-state index contributed by atoms with van der Waals surface area (Å²) in [6, 6.07) is 7.38. The highest BCUT2D eigenvalue weighted by Gasteiger charge is 2.17. The molecule has 0 aromatic heterocycles. The summed E-state index contributed by atoms with van der Waals surface area (Å²) in [5.74, 6) is 0.300. The summed E-state index contributed by atoms with van der Waals surface area (Å²) >= 11 is 5.87. The highest BCUT2D eigenvalue weighted by atomic mass is 35.5. The van der Waals surface area contributed by atoms with Gasteiger partial charge in [-0.05, 0) is 49.5 Å². The van der Waals surface area contributed by atoms with E-state index in [4.69, 9.17) is 16.3 Å². The van der Waals surface area contributed by atoms with Crippen LogP contribution in [0.1, 0.15) is 24.8 Å². The number of rotatable bonds is 4. The average molecular weight is 268 g/mol. The van der Waals surface area contributed by atoms with Gasteiger partial charge in [-0.1, -0.05) is 23.7 Å². The van der Waals surface area contributed by atoms with E-state index in [2.05, 4.69) is 5.32 Å². The van der Waals surface area contributed by atoms with Crippen molar-refractivity contribution in [3.05, 3.63) is 34.9 Å². The molecule has 1 N–H and O–H groups in total. The lowest BCUT2D eigenvalue weighted by Gasteiger charge is -2.21. The number of nitrogens with one attached hydrogen (secondary N) is 1. The Hall–Kier alpha value is -1.06. The molecule has 0 radical (unpaired) electrons. The van der Waals surface area contributed by atoms with Gasteiger partial charge in [0.05, 0.1) is 0 Å². The second-order valence-electron chi connectivity index (χ2n) is 4.71. The van der Waals surface area contributed by atoms with E-state index in [1.807, 2.05) is 18.2 Å². The Labute approximate surface area is 112 Å². The van der Waals surface area contributed by atoms with Crippen molar-refractivity contribution in [1.82, 2.24) is 5.32 Å². The summed E-state index contributed by atoms with van der Waals surface area (Å²) in [6.07, 6.45) is 2.76. The number of carbonyl (C=O) groups is 1. The molecule has 1 aliphatic heterocycles. The first-order valence-corrected chi connectivity index (χ1v) is 6.72. The van der Waals surface area contributed by atoms with E-state index in [1.54, 1.807) is 6.07 Å². The minimum absolute atomic E-state index is 0.122. The normalized spacial score (nSPS) is 19.5. The minimum atomic E-state index is -0.122. The zero-order valence-corrected chi connectivity index (χ0v) is 11.1. The Balaban J connectivity index is 1.74. The molecule has 0 spiro atoms. The van der Waals surface area contributed by atoms with Gasteiger partial charge >= 0.3 is 5.97 Å². The molecule has 1 aliphatic rings. The van der Waals surface area contributed by atoms with Crippen molar-refractivity contribution < 1.29 is 9.53 Å². The third-order valence-corrected chi connectivity index (χ3v) is 3.38. The molecule has 18 heavy (non-hydrogen) atoms. The van der Waals surface area contributed by atoms with Crippen LogP contribution in [-0.4, -0.2) is 19.1 Å². The van der Waals surface area contributed by atoms with Crippen molar-refractivity contribution in [2.75, 3.05) is 13.1 Å². The molecule has 3 nitrogen and oxygen atoms in total. The van der Waals surface area contributed by atoms with Gasteiger partial charge in [-0.25, -0.2) is 0 Å². The fraction of sp³-hybridized carbons (Fsp3) is 0.500. The Bertz CT molecular complexity index is 403. The fourth-order valence-electron chi connectivity index (χ4n) is 2.18. The first-order chi connectivity index (χ1) is 8.74. The van der Waals surface area contributed by atoms with Crippen LogP contribution in [0.3, 0.4) is 0 Å². The molecule has 0 aliphatic carbocycles. The van der Waals surface area contributed by atoms with Crippen molar-refractivity contribution in [2.45, 2.75) is 25.9 Å². The van der Waals surface area contributed by atoms with Crippen LogP contribution < -0.4 is 5.32 Å². The van der Waals surface area contributed by atoms with Gasteiger partial charge in [0.2, 0.25) is 0 Å². The third kappa shape index (κ3) is 4.31. The van der Waals surface area contributed by atoms with E-state index in [-0.39, 0.29) is 5.97 Å². The number of hydrogen-bond donors (Lipinski definition) is 1. The number of halogens is 1. The zero-order chi connectivity index (χ0) is 12.8. The van der Waals surface area contributed by atoms with Crippen molar-refractivity contribution >= 4 is 17.6 Å². The second kappa shape index (κ2) is 6.76. The molecule has 98 valence electrons. The molecule has 1 heterocycles. The van der Waals surface area contributed by atoms with E-state index in [0.29, 0.717) is 24.0 Å². The van der Waals surface area contributed by atoms with Crippen LogP contribution in [0.15, 0.2) is 24.3 Å². The minimum Gasteiger partial charge on any atom is -0.461 e. The number of ether oxygens (including phenoxy) is 1. The fourth-order valence-corrected chi connectivity index (χ4v) is 2.40. The van der Waals surface area contributed by atoms with Gasteiger partial charge in [-0.3, -0.25) is 4.79 Å². The Morgan fingerprint density at radius 1 is 1.50 bits per heavy atom. The maximum atomic E-state index is 11.7. The van der Waals surface area contributed by atoms with Gasteiger partial charge in [-0.15, -0.1) is 0 Å². The molecule has 1 aromatic rings. The highest BCUT2D eigenvalue weighted by molar-refractivity contribution is 6.30. The largest absolute Gasteiger partial charge is 0.461 e. The maximum absolute atomic E-state index is 11.7. The summed E-state index contributed by atoms with van der Waals surface area (Å²) < 4.78 is 5.26. The molecular formula is C14H18ClNO2. The Morgan fingerprint density at radius 3 is 3.11 bits per heavy atom. The van der Waals surface area contributed by atoms with Gasteiger partial charge < -0.3 is 10.1 Å². The first kappa shape index (κ1) is 13.4. The summed E-state index contributed by atoms with van der Waals surface area (Å²) in [5, 5.41) is 3.96. The van der Waals surface area contributed by atoms with Crippen LogP contribution in [0.25, 0.3) is 0 Å². The van der Waals surface area contributed by atoms with Crippen molar-refractivity contribution in [2.24, 2.45) is 5.92 Å². The van der Waals surface area contributed by atoms with Crippen molar-refractivity contribution in [3.63, 3.8) is 0 Å². The van der Waals surface area contributed by atoms with Crippen LogP contribution in [0.2, 0.25) is 5.02 Å². The lowest BCUT2D eigenvalue weighted by Crippen LogP contribution is -2.31. The quantitative estimate of drug-likeness (QED) is 0.853. The molecule has 2 rings (SSSR count). The average Bonchev–Trinajstić information content (AvgIpc) is 2.38. The number of piperidine rings is 1. The number of esters is 1. The summed E-state index contributed by atoms with van der Waals surface area (Å²) in [7, 11) is 0. The van der Waals surface area contributed by atoms with Crippen LogP contribution >= 0.6 is 11.6 Å². The van der Waals surface area contributed by atoms with Crippen molar-refractivity contribution in [3.8, 4) is 0 Å². The number of carbonyl (C=O) groups excluding carboxylic acids is 1. The number of hydrogen-bond acceptors (Lipinski definition) is 3. The van der Waals surface area contributed by atoms with Gasteiger partial charge in [0, 0.05) is 11.4 Å². The van der Waals surface area contributed by atoms with E-state index >= 15 is 0 Å². The molecule has 1 unspecified atom stereocenters. The molecule has 1 saturated heterocycles. The maximum Gasteiger partial charge on any atom is 0.306 e. The summed E-state index contributed by atoms with van der Waals surface area (Å²) in [4.78, 5) is 11.7. The molecule has 1 atom stereocenters.